The molecule has 178 valence electrons. The van der Waals surface area contributed by atoms with Gasteiger partial charge in [-0.1, -0.05) is 43.0 Å². The topological polar surface area (TPSA) is 62.3 Å². The van der Waals surface area contributed by atoms with Crippen LogP contribution in [0.3, 0.4) is 0 Å². The summed E-state index contributed by atoms with van der Waals surface area (Å²) < 4.78 is 5.45. The van der Waals surface area contributed by atoms with Crippen LogP contribution in [0, 0.1) is 0 Å². The van der Waals surface area contributed by atoms with Gasteiger partial charge in [-0.15, -0.1) is 0 Å². The van der Waals surface area contributed by atoms with Gasteiger partial charge in [0.25, 0.3) is 0 Å². The second kappa shape index (κ2) is 10.9. The molecule has 1 atom stereocenters. The fraction of sp³-hybridized carbons (Fsp3) is 0.560. The van der Waals surface area contributed by atoms with Crippen molar-refractivity contribution >= 4 is 40.7 Å². The highest BCUT2D eigenvalue weighted by atomic mass is 35.5. The van der Waals surface area contributed by atoms with E-state index in [4.69, 9.17) is 33.5 Å². The van der Waals surface area contributed by atoms with Crippen molar-refractivity contribution in [3.8, 4) is 5.88 Å². The average molecular weight is 488 g/mol. The first-order chi connectivity index (χ1) is 16.0. The monoisotopic (exact) mass is 487 g/mol. The van der Waals surface area contributed by atoms with Crippen LogP contribution in [0.2, 0.25) is 5.02 Å². The maximum atomic E-state index is 6.32. The molecule has 1 aliphatic carbocycles. The molecule has 1 saturated carbocycles. The second-order valence-electron chi connectivity index (χ2n) is 9.29. The number of hydrogen-bond donors (Lipinski definition) is 2. The van der Waals surface area contributed by atoms with Crippen LogP contribution in [0.5, 0.6) is 5.88 Å². The first-order valence-corrected chi connectivity index (χ1v) is 12.8. The lowest BCUT2D eigenvalue weighted by Crippen LogP contribution is -2.43. The van der Waals surface area contributed by atoms with Crippen LogP contribution in [0.4, 0.5) is 11.8 Å². The van der Waals surface area contributed by atoms with E-state index in [1.54, 1.807) is 7.11 Å². The fourth-order valence-corrected chi connectivity index (χ4v) is 5.52. The lowest BCUT2D eigenvalue weighted by atomic mass is 9.69. The van der Waals surface area contributed by atoms with Gasteiger partial charge in [-0.25, -0.2) is 0 Å². The summed E-state index contributed by atoms with van der Waals surface area (Å²) in [6.07, 6.45) is 9.54. The quantitative estimate of drug-likeness (QED) is 0.506. The third-order valence-electron chi connectivity index (χ3n) is 7.06. The maximum Gasteiger partial charge on any atom is 0.234 e. The summed E-state index contributed by atoms with van der Waals surface area (Å²) in [5.74, 6) is 1.87. The number of nitrogens with one attached hydrogen (secondary N) is 2. The van der Waals surface area contributed by atoms with Crippen LogP contribution in [-0.2, 0) is 5.41 Å². The number of benzene rings is 1. The van der Waals surface area contributed by atoms with Crippen LogP contribution in [0.25, 0.3) is 0 Å². The molecule has 2 N–H and O–H groups in total. The molecule has 2 aliphatic rings. The van der Waals surface area contributed by atoms with Gasteiger partial charge in [-0.3, -0.25) is 0 Å². The molecule has 2 fully saturated rings. The number of rotatable bonds is 6. The summed E-state index contributed by atoms with van der Waals surface area (Å²) in [7, 11) is 1.63. The predicted octanol–water partition coefficient (Wildman–Crippen LogP) is 5.71. The molecule has 2 heterocycles. The van der Waals surface area contributed by atoms with Gasteiger partial charge in [0, 0.05) is 35.6 Å². The molecule has 1 aliphatic heterocycles. The Kier molecular flexibility index (Phi) is 7.91. The van der Waals surface area contributed by atoms with E-state index in [1.165, 1.54) is 44.1 Å². The van der Waals surface area contributed by atoms with E-state index in [2.05, 4.69) is 39.6 Å². The van der Waals surface area contributed by atoms with Crippen LogP contribution in [0.1, 0.15) is 63.9 Å². The molecular formula is C25H34ClN5OS. The van der Waals surface area contributed by atoms with Crippen molar-refractivity contribution in [2.75, 3.05) is 30.4 Å². The molecule has 1 aromatic heterocycles. The number of piperidine rings is 1. The second-order valence-corrected chi connectivity index (χ2v) is 10.1. The van der Waals surface area contributed by atoms with Gasteiger partial charge in [-0.05, 0) is 68.9 Å². The molecule has 4 rings (SSSR count). The molecule has 0 amide bonds. The van der Waals surface area contributed by atoms with Crippen molar-refractivity contribution in [3.63, 3.8) is 0 Å². The van der Waals surface area contributed by atoms with Crippen molar-refractivity contribution in [2.24, 2.45) is 0 Å². The summed E-state index contributed by atoms with van der Waals surface area (Å²) in [4.78, 5) is 11.6. The highest BCUT2D eigenvalue weighted by molar-refractivity contribution is 7.80. The minimum Gasteiger partial charge on any atom is -0.481 e. The third-order valence-corrected chi connectivity index (χ3v) is 7.54. The number of halogens is 1. The summed E-state index contributed by atoms with van der Waals surface area (Å²) in [6.45, 7) is 3.98. The number of thiocarbonyl (C=S) groups is 1. The first-order valence-electron chi connectivity index (χ1n) is 12.0. The van der Waals surface area contributed by atoms with Gasteiger partial charge >= 0.3 is 0 Å². The third kappa shape index (κ3) is 5.87. The van der Waals surface area contributed by atoms with E-state index in [9.17, 15) is 0 Å². The summed E-state index contributed by atoms with van der Waals surface area (Å²) in [5.41, 5.74) is 1.31. The Bertz CT molecular complexity index is 966. The van der Waals surface area contributed by atoms with Crippen LogP contribution in [-0.4, -0.2) is 41.3 Å². The van der Waals surface area contributed by atoms with Crippen molar-refractivity contribution in [1.82, 2.24) is 15.3 Å². The van der Waals surface area contributed by atoms with E-state index < -0.39 is 0 Å². The maximum absolute atomic E-state index is 6.32. The summed E-state index contributed by atoms with van der Waals surface area (Å²) in [5, 5.41) is 7.94. The van der Waals surface area contributed by atoms with Gasteiger partial charge in [0.15, 0.2) is 5.11 Å². The number of anilines is 2. The fourth-order valence-electron chi connectivity index (χ4n) is 5.17. The number of aromatic nitrogens is 2. The molecule has 33 heavy (non-hydrogen) atoms. The zero-order valence-electron chi connectivity index (χ0n) is 19.6. The molecule has 0 spiro atoms. The largest absolute Gasteiger partial charge is 0.481 e. The van der Waals surface area contributed by atoms with Gasteiger partial charge < -0.3 is 20.3 Å². The molecule has 1 aromatic carbocycles. The van der Waals surface area contributed by atoms with Crippen LogP contribution >= 0.6 is 23.8 Å². The smallest absolute Gasteiger partial charge is 0.234 e. The molecule has 8 heteroatoms. The van der Waals surface area contributed by atoms with Crippen LogP contribution in [0.15, 0.2) is 30.3 Å². The highest BCUT2D eigenvalue weighted by Gasteiger charge is 2.34. The molecule has 6 nitrogen and oxygen atoms in total. The Morgan fingerprint density at radius 1 is 1.18 bits per heavy atom. The summed E-state index contributed by atoms with van der Waals surface area (Å²) >= 11 is 12.0. The Hall–Kier alpha value is -2.12. The van der Waals surface area contributed by atoms with Crippen molar-refractivity contribution in [3.05, 3.63) is 40.9 Å². The van der Waals surface area contributed by atoms with Crippen molar-refractivity contribution < 1.29 is 4.74 Å². The summed E-state index contributed by atoms with van der Waals surface area (Å²) in [6, 6.07) is 10.6. The van der Waals surface area contributed by atoms with Gasteiger partial charge in [0.2, 0.25) is 11.8 Å². The minimum atomic E-state index is 0.0263. The van der Waals surface area contributed by atoms with E-state index >= 15 is 0 Å². The molecular weight excluding hydrogens is 454 g/mol. The Labute approximate surface area is 207 Å². The highest BCUT2D eigenvalue weighted by Crippen LogP contribution is 2.39. The van der Waals surface area contributed by atoms with Crippen molar-refractivity contribution in [2.45, 2.75) is 69.7 Å². The minimum absolute atomic E-state index is 0.0263. The zero-order chi connectivity index (χ0) is 23.3. The lowest BCUT2D eigenvalue weighted by molar-refractivity contribution is 0.292. The SMILES string of the molecule is COc1cc(N2CCCC[C@H]2C)nc(NC(=S)NCC2(c3cccc(Cl)c3)CCCCC2)n1. The zero-order valence-corrected chi connectivity index (χ0v) is 21.1. The van der Waals surface area contributed by atoms with E-state index in [0.29, 0.717) is 23.0 Å². The van der Waals surface area contributed by atoms with Gasteiger partial charge in [0.05, 0.1) is 7.11 Å². The number of ether oxygens (including phenoxy) is 1. The number of hydrogen-bond acceptors (Lipinski definition) is 5. The van der Waals surface area contributed by atoms with E-state index in [0.717, 1.165) is 36.8 Å². The molecule has 0 radical (unpaired) electrons. The number of nitrogens with zero attached hydrogens (tertiary/aromatic N) is 3. The predicted molar refractivity (Wildman–Crippen MR) is 140 cm³/mol. The molecule has 1 saturated heterocycles. The van der Waals surface area contributed by atoms with Gasteiger partial charge in [-0.2, -0.15) is 9.97 Å². The normalized spacial score (nSPS) is 20.2. The molecule has 0 unspecified atom stereocenters. The van der Waals surface area contributed by atoms with E-state index in [1.807, 2.05) is 18.2 Å². The number of methoxy groups -OCH3 is 1. The Morgan fingerprint density at radius 3 is 2.73 bits per heavy atom. The Balaban J connectivity index is 1.47. The lowest BCUT2D eigenvalue weighted by Gasteiger charge is -2.38. The molecule has 0 bridgehead atoms. The first kappa shape index (κ1) is 24.0. The van der Waals surface area contributed by atoms with Gasteiger partial charge in [0.1, 0.15) is 5.82 Å². The molecule has 2 aromatic rings. The van der Waals surface area contributed by atoms with Crippen LogP contribution < -0.4 is 20.3 Å². The Morgan fingerprint density at radius 2 is 2.00 bits per heavy atom. The van der Waals surface area contributed by atoms with Crippen molar-refractivity contribution in [1.29, 1.82) is 0 Å². The van der Waals surface area contributed by atoms with E-state index in [-0.39, 0.29) is 5.41 Å². The average Bonchev–Trinajstić information content (AvgIpc) is 2.83. The standard InChI is InChI=1S/C25H34ClN5OS/c1-18-9-4-7-14-31(18)21-16-22(32-2)29-23(28-21)30-24(33)27-17-25(12-5-3-6-13-25)19-10-8-11-20(26)15-19/h8,10-11,15-16,18H,3-7,9,12-14,17H2,1-2H3,(H2,27,28,29,30,33)/t18-/m1/s1.